The minimum absolute atomic E-state index is 0. The van der Waals surface area contributed by atoms with E-state index in [9.17, 15) is 26.7 Å². The van der Waals surface area contributed by atoms with Gasteiger partial charge in [0, 0.05) is 21.2 Å². The van der Waals surface area contributed by atoms with Crippen molar-refractivity contribution < 1.29 is 43.6 Å². The van der Waals surface area contributed by atoms with E-state index in [1.807, 2.05) is 25.0 Å². The first-order chi connectivity index (χ1) is 19.7. The molecular weight excluding hydrogens is 581 g/mol. The third kappa shape index (κ3) is 18.6. The molecule has 1 aromatic heterocycles. The molecule has 3 N–H and O–H groups in total. The number of ketones is 1. The van der Waals surface area contributed by atoms with Crippen LogP contribution in [0, 0.1) is 30.1 Å². The molecule has 1 fully saturated rings. The Hall–Kier alpha value is -2.98. The molecule has 0 aliphatic heterocycles. The molecule has 0 spiro atoms. The quantitative estimate of drug-likeness (QED) is 0.242. The summed E-state index contributed by atoms with van der Waals surface area (Å²) in [6.45, 7) is 20.1. The number of nitrogens with zero attached hydrogens (tertiary/aromatic N) is 1. The fourth-order valence-electron chi connectivity index (χ4n) is 4.42. The highest BCUT2D eigenvalue weighted by Crippen LogP contribution is 2.48. The Morgan fingerprint density at radius 1 is 1.05 bits per heavy atom. The zero-order chi connectivity index (χ0) is 34.2. The Bertz CT molecular complexity index is 1100. The minimum atomic E-state index is -4.45. The van der Waals surface area contributed by atoms with Crippen LogP contribution in [0.15, 0.2) is 43.1 Å². The van der Waals surface area contributed by atoms with E-state index in [0.29, 0.717) is 12.3 Å². The fraction of sp³-hybridized carbons (Fsp3) is 0.559. The molecule has 44 heavy (non-hydrogen) atoms. The van der Waals surface area contributed by atoms with E-state index >= 15 is 0 Å². The van der Waals surface area contributed by atoms with E-state index in [0.717, 1.165) is 64.0 Å². The number of benzene rings is 1. The molecule has 3 rings (SSSR count). The van der Waals surface area contributed by atoms with Gasteiger partial charge >= 0.3 is 6.18 Å². The maximum Gasteiger partial charge on any atom is 0.417 e. The summed E-state index contributed by atoms with van der Waals surface area (Å²) in [6.07, 6.45) is 1.37. The number of carbonyl (C=O) groups is 2. The number of hydrogen-bond acceptors (Lipinski definition) is 4. The Labute approximate surface area is 261 Å². The zero-order valence-electron chi connectivity index (χ0n) is 27.6. The number of alkyl halides is 5. The van der Waals surface area contributed by atoms with Gasteiger partial charge in [-0.1, -0.05) is 71.5 Å². The SMILES string of the molecule is C=Cc1cccc(CC(C)(C)C2CC(CC(=O)c3ncc(C(F)(F)F)cc3C)C2)c1.C=O.CC(C)(F)F.CC(C)C.CO.O.[HH]. The molecular formula is C34H54F5NO4. The van der Waals surface area contributed by atoms with Crippen molar-refractivity contribution >= 4 is 18.6 Å². The third-order valence-electron chi connectivity index (χ3n) is 6.33. The third-order valence-corrected chi connectivity index (χ3v) is 6.33. The van der Waals surface area contributed by atoms with Gasteiger partial charge in [0.2, 0.25) is 5.92 Å². The summed E-state index contributed by atoms with van der Waals surface area (Å²) in [5, 5.41) is 7.00. The highest BCUT2D eigenvalue weighted by Gasteiger charge is 2.41. The number of hydrogen-bond donors (Lipinski definition) is 1. The number of rotatable bonds is 7. The maximum atomic E-state index is 12.8. The van der Waals surface area contributed by atoms with Gasteiger partial charge in [-0.2, -0.15) is 13.2 Å². The number of pyridine rings is 1. The number of carbonyl (C=O) groups excluding carboxylic acids is 2. The predicted molar refractivity (Wildman–Crippen MR) is 171 cm³/mol. The van der Waals surface area contributed by atoms with Crippen LogP contribution in [-0.2, 0) is 17.4 Å². The molecule has 1 heterocycles. The van der Waals surface area contributed by atoms with Crippen molar-refractivity contribution in [2.75, 3.05) is 7.11 Å². The second-order valence-corrected chi connectivity index (χ2v) is 12.2. The van der Waals surface area contributed by atoms with Crippen molar-refractivity contribution in [3.8, 4) is 0 Å². The van der Waals surface area contributed by atoms with Crippen LogP contribution in [0.5, 0.6) is 0 Å². The van der Waals surface area contributed by atoms with Gasteiger partial charge in [-0.15, -0.1) is 0 Å². The van der Waals surface area contributed by atoms with Crippen LogP contribution >= 0.6 is 0 Å². The summed E-state index contributed by atoms with van der Waals surface area (Å²) in [5.41, 5.74) is 2.13. The Balaban J connectivity index is -0.000000482. The molecule has 1 aromatic carbocycles. The van der Waals surface area contributed by atoms with E-state index in [2.05, 4.69) is 58.3 Å². The predicted octanol–water partition coefficient (Wildman–Crippen LogP) is 9.09. The second-order valence-electron chi connectivity index (χ2n) is 12.2. The highest BCUT2D eigenvalue weighted by molar-refractivity contribution is 5.95. The largest absolute Gasteiger partial charge is 0.417 e. The van der Waals surface area contributed by atoms with Gasteiger partial charge in [-0.25, -0.2) is 8.78 Å². The topological polar surface area (TPSA) is 98.8 Å². The summed E-state index contributed by atoms with van der Waals surface area (Å²) in [4.78, 5) is 24.4. The molecule has 254 valence electrons. The smallest absolute Gasteiger partial charge is 0.412 e. The number of aliphatic hydroxyl groups excluding tert-OH is 1. The highest BCUT2D eigenvalue weighted by atomic mass is 19.4. The van der Waals surface area contributed by atoms with Crippen molar-refractivity contribution in [2.24, 2.45) is 23.2 Å². The average Bonchev–Trinajstić information content (AvgIpc) is 2.86. The van der Waals surface area contributed by atoms with Gasteiger partial charge in [-0.3, -0.25) is 9.78 Å². The molecule has 0 unspecified atom stereocenters. The van der Waals surface area contributed by atoms with Crippen molar-refractivity contribution in [1.29, 1.82) is 0 Å². The van der Waals surface area contributed by atoms with E-state index in [1.165, 1.54) is 12.5 Å². The number of aromatic nitrogens is 1. The zero-order valence-corrected chi connectivity index (χ0v) is 27.6. The lowest BCUT2D eigenvalue weighted by molar-refractivity contribution is -0.137. The first-order valence-corrected chi connectivity index (χ1v) is 14.1. The second kappa shape index (κ2) is 20.9. The lowest BCUT2D eigenvalue weighted by Crippen LogP contribution is -2.38. The van der Waals surface area contributed by atoms with E-state index < -0.39 is 17.7 Å². The lowest BCUT2D eigenvalue weighted by atomic mass is 9.59. The van der Waals surface area contributed by atoms with Crippen molar-refractivity contribution in [1.82, 2.24) is 4.98 Å². The molecule has 2 aromatic rings. The number of aliphatic hydroxyl groups is 1. The maximum absolute atomic E-state index is 12.8. The van der Waals surface area contributed by atoms with Gasteiger partial charge in [0.1, 0.15) is 12.5 Å². The van der Waals surface area contributed by atoms with Gasteiger partial charge < -0.3 is 15.4 Å². The Kier molecular flexibility index (Phi) is 21.6. The summed E-state index contributed by atoms with van der Waals surface area (Å²) >= 11 is 0. The molecule has 0 radical (unpaired) electrons. The van der Waals surface area contributed by atoms with E-state index in [1.54, 1.807) is 0 Å². The first kappa shape index (κ1) is 45.4. The normalized spacial score (nSPS) is 15.5. The van der Waals surface area contributed by atoms with Crippen molar-refractivity contribution in [2.45, 2.75) is 93.2 Å². The van der Waals surface area contributed by atoms with Crippen LogP contribution in [0.2, 0.25) is 0 Å². The summed E-state index contributed by atoms with van der Waals surface area (Å²) in [7, 11) is 1.00. The summed E-state index contributed by atoms with van der Waals surface area (Å²) in [5.74, 6) is -1.05. The Morgan fingerprint density at radius 2 is 1.52 bits per heavy atom. The molecule has 1 saturated carbocycles. The number of halogens is 5. The first-order valence-electron chi connectivity index (χ1n) is 14.1. The molecule has 0 amide bonds. The van der Waals surface area contributed by atoms with Crippen LogP contribution in [0.3, 0.4) is 0 Å². The van der Waals surface area contributed by atoms with Crippen LogP contribution in [-0.4, -0.2) is 41.2 Å². The van der Waals surface area contributed by atoms with Gasteiger partial charge in [0.25, 0.3) is 0 Å². The van der Waals surface area contributed by atoms with Crippen molar-refractivity contribution in [3.63, 3.8) is 0 Å². The van der Waals surface area contributed by atoms with E-state index in [-0.39, 0.29) is 35.3 Å². The molecule has 10 heteroatoms. The monoisotopic (exact) mass is 635 g/mol. The van der Waals surface area contributed by atoms with Crippen LogP contribution in [0.1, 0.15) is 102 Å². The summed E-state index contributed by atoms with van der Waals surface area (Å²) in [6, 6.07) is 9.38. The van der Waals surface area contributed by atoms with E-state index in [4.69, 9.17) is 9.90 Å². The van der Waals surface area contributed by atoms with Crippen LogP contribution in [0.4, 0.5) is 22.0 Å². The molecule has 0 atom stereocenters. The molecule has 1 aliphatic carbocycles. The molecule has 1 aliphatic rings. The number of aryl methyl sites for hydroxylation is 1. The van der Waals surface area contributed by atoms with Gasteiger partial charge in [0.15, 0.2) is 5.78 Å². The number of Topliss-reactive ketones (excluding diaryl/α,β-unsaturated/α-hetero) is 1. The fourth-order valence-corrected chi connectivity index (χ4v) is 4.42. The van der Waals surface area contributed by atoms with Crippen molar-refractivity contribution in [3.05, 3.63) is 71.1 Å². The average molecular weight is 636 g/mol. The minimum Gasteiger partial charge on any atom is -0.412 e. The van der Waals surface area contributed by atoms with Gasteiger partial charge in [0.05, 0.1) is 5.56 Å². The Morgan fingerprint density at radius 3 is 1.93 bits per heavy atom. The van der Waals surface area contributed by atoms with Gasteiger partial charge in [-0.05, 0) is 86.0 Å². The van der Waals surface area contributed by atoms with Crippen LogP contribution < -0.4 is 0 Å². The summed E-state index contributed by atoms with van der Waals surface area (Å²) < 4.78 is 60.4. The molecule has 0 saturated heterocycles. The molecule has 0 bridgehead atoms. The lowest BCUT2D eigenvalue weighted by Gasteiger charge is -2.45. The molecule has 5 nitrogen and oxygen atoms in total. The standard InChI is InChI=1S/C25H28F3NO.C4H10.C3H6F2.CH4O.CH2O.H2O.H2/c1-5-17-7-6-8-18(10-17)14-24(3,4)20-11-19(12-20)13-22(30)23-16(2)9-21(15-29-23)25(26,27)28;1-4(2)3;1-3(2,4)5;2*1-2;;/h5-10,15,19-20H,1,11-14H2,2-4H3;4H,1-3H3;1-2H3;2H,1H3;1H2;1H2;1H. The van der Waals surface area contributed by atoms with Crippen LogP contribution in [0.25, 0.3) is 6.08 Å².